The van der Waals surface area contributed by atoms with Crippen molar-refractivity contribution in [1.29, 1.82) is 5.26 Å². The number of carbonyl (C=O) groups is 1. The molecule has 2 unspecified atom stereocenters. The number of H-pyrrole nitrogens is 1. The molecule has 0 spiro atoms. The van der Waals surface area contributed by atoms with Crippen molar-refractivity contribution in [1.82, 2.24) is 5.27 Å². The normalized spacial score (nSPS) is 16.4. The predicted octanol–water partition coefficient (Wildman–Crippen LogP) is 3.81. The van der Waals surface area contributed by atoms with Gasteiger partial charge in [0.05, 0.1) is 10.8 Å². The van der Waals surface area contributed by atoms with E-state index < -0.39 is 10.9 Å². The highest BCUT2D eigenvalue weighted by atomic mass is 32.2. The van der Waals surface area contributed by atoms with Gasteiger partial charge in [-0.2, -0.15) is 5.26 Å². The molecular weight excluding hydrogens is 432 g/mol. The summed E-state index contributed by atoms with van der Waals surface area (Å²) in [5, 5.41) is 15.6. The van der Waals surface area contributed by atoms with Gasteiger partial charge in [-0.05, 0) is 58.9 Å². The number of aromatic nitrogens is 2. The maximum atomic E-state index is 13.1. The first-order valence-electron chi connectivity index (χ1n) is 10.2. The molecule has 31 heavy (non-hydrogen) atoms. The molecule has 1 aromatic carbocycles. The largest absolute Gasteiger partial charge is 0.442 e. The van der Waals surface area contributed by atoms with Crippen molar-refractivity contribution in [2.24, 2.45) is 5.92 Å². The summed E-state index contributed by atoms with van der Waals surface area (Å²) in [6, 6.07) is 11.6. The molecular formula is C22H23N4O3S2+. The standard InChI is InChI=1S/C22H22N4O3S2/c1-3-17(31-21-22(28)29-25-26(21)14-7-5-4-6-8-14)19(27)24-20-16(12-23)15-10-9-13(2)11-18(15)30-20/h4-8,13,17H,3,9-11H2,1-2H3,(H-,24,25,27,28)/p+1. The van der Waals surface area contributed by atoms with Gasteiger partial charge in [0.1, 0.15) is 11.1 Å². The Balaban J connectivity index is 1.57. The second-order valence-corrected chi connectivity index (χ2v) is 9.93. The van der Waals surface area contributed by atoms with Crippen LogP contribution >= 0.6 is 23.1 Å². The van der Waals surface area contributed by atoms with Crippen molar-refractivity contribution in [3.63, 3.8) is 0 Å². The summed E-state index contributed by atoms with van der Waals surface area (Å²) in [6.07, 6.45) is 3.39. The number of nitriles is 1. The fourth-order valence-electron chi connectivity index (χ4n) is 3.72. The van der Waals surface area contributed by atoms with Gasteiger partial charge in [0, 0.05) is 17.0 Å². The Morgan fingerprint density at radius 3 is 2.94 bits per heavy atom. The van der Waals surface area contributed by atoms with E-state index in [1.807, 2.05) is 37.3 Å². The molecule has 160 valence electrons. The number of fused-ring (bicyclic) bond motifs is 1. The Hall–Kier alpha value is -2.83. The maximum absolute atomic E-state index is 13.1. The van der Waals surface area contributed by atoms with E-state index in [0.29, 0.717) is 27.9 Å². The number of aromatic amines is 1. The molecule has 0 aliphatic heterocycles. The van der Waals surface area contributed by atoms with Crippen LogP contribution in [0.3, 0.4) is 0 Å². The number of nitrogens with one attached hydrogen (secondary N) is 2. The first-order valence-corrected chi connectivity index (χ1v) is 11.9. The van der Waals surface area contributed by atoms with Crippen LogP contribution in [0.1, 0.15) is 42.7 Å². The van der Waals surface area contributed by atoms with Crippen molar-refractivity contribution in [2.45, 2.75) is 49.8 Å². The molecule has 1 amide bonds. The van der Waals surface area contributed by atoms with Gasteiger partial charge < -0.3 is 5.32 Å². The molecule has 1 aliphatic carbocycles. The van der Waals surface area contributed by atoms with Gasteiger partial charge in [-0.1, -0.05) is 32.0 Å². The lowest BCUT2D eigenvalue weighted by atomic mass is 9.88. The van der Waals surface area contributed by atoms with Crippen molar-refractivity contribution in [3.05, 3.63) is 56.8 Å². The zero-order valence-electron chi connectivity index (χ0n) is 17.3. The van der Waals surface area contributed by atoms with Crippen LogP contribution in [0.25, 0.3) is 5.69 Å². The molecule has 2 atom stereocenters. The van der Waals surface area contributed by atoms with Gasteiger partial charge in [-0.3, -0.25) is 9.32 Å². The van der Waals surface area contributed by atoms with E-state index in [1.54, 1.807) is 0 Å². The lowest BCUT2D eigenvalue weighted by Crippen LogP contribution is -2.37. The SMILES string of the molecule is CCC(Sc1c(=O)o[nH][n+]1-c1ccccc1)C(=O)Nc1sc2c(c1C#N)CCC(C)C2. The Labute approximate surface area is 188 Å². The first-order chi connectivity index (χ1) is 15.0. The van der Waals surface area contributed by atoms with Crippen molar-refractivity contribution >= 4 is 34.0 Å². The fourth-order valence-corrected chi connectivity index (χ4v) is 6.07. The van der Waals surface area contributed by atoms with E-state index in [9.17, 15) is 14.9 Å². The molecule has 2 aromatic heterocycles. The molecule has 0 saturated heterocycles. The van der Waals surface area contributed by atoms with Crippen LogP contribution in [0, 0.1) is 17.2 Å². The lowest BCUT2D eigenvalue weighted by Gasteiger charge is -2.17. The Bertz CT molecular complexity index is 1190. The number of thioether (sulfide) groups is 1. The first kappa shape index (κ1) is 21.4. The summed E-state index contributed by atoms with van der Waals surface area (Å²) in [7, 11) is 0. The molecule has 3 aromatic rings. The van der Waals surface area contributed by atoms with Crippen LogP contribution in [-0.4, -0.2) is 16.4 Å². The van der Waals surface area contributed by atoms with Gasteiger partial charge in [0.2, 0.25) is 11.6 Å². The van der Waals surface area contributed by atoms with Crippen LogP contribution in [0.5, 0.6) is 0 Å². The minimum atomic E-state index is -0.529. The summed E-state index contributed by atoms with van der Waals surface area (Å²) in [5.74, 6) is 0.359. The second-order valence-electron chi connectivity index (χ2n) is 7.63. The average Bonchev–Trinajstić information content (AvgIpc) is 3.31. The number of hydrogen-bond donors (Lipinski definition) is 2. The zero-order valence-corrected chi connectivity index (χ0v) is 18.9. The van der Waals surface area contributed by atoms with E-state index in [2.05, 4.69) is 23.6 Å². The van der Waals surface area contributed by atoms with Crippen LogP contribution in [0.4, 0.5) is 5.00 Å². The average molecular weight is 456 g/mol. The molecule has 0 bridgehead atoms. The number of carbonyl (C=O) groups excluding carboxylic acids is 1. The highest BCUT2D eigenvalue weighted by molar-refractivity contribution is 8.00. The van der Waals surface area contributed by atoms with Crippen LogP contribution < -0.4 is 15.6 Å². The fraction of sp³-hybridized carbons (Fsp3) is 0.364. The quantitative estimate of drug-likeness (QED) is 0.435. The van der Waals surface area contributed by atoms with Crippen LogP contribution in [0.15, 0.2) is 44.7 Å². The second kappa shape index (κ2) is 9.12. The van der Waals surface area contributed by atoms with Crippen molar-refractivity contribution in [2.75, 3.05) is 5.32 Å². The molecule has 0 fully saturated rings. The topological polar surface area (TPSA) is 103 Å². The minimum absolute atomic E-state index is 0.226. The highest BCUT2D eigenvalue weighted by Crippen LogP contribution is 2.39. The smallest absolute Gasteiger partial charge is 0.316 e. The number of nitrogens with zero attached hydrogens (tertiary/aromatic N) is 2. The number of amides is 1. The minimum Gasteiger partial charge on any atom is -0.316 e. The summed E-state index contributed by atoms with van der Waals surface area (Å²) in [5.41, 5.74) is 1.87. The van der Waals surface area contributed by atoms with Gasteiger partial charge in [0.15, 0.2) is 0 Å². The molecule has 2 heterocycles. The van der Waals surface area contributed by atoms with E-state index in [1.165, 1.54) is 20.9 Å². The molecule has 0 radical (unpaired) electrons. The number of rotatable bonds is 6. The lowest BCUT2D eigenvalue weighted by molar-refractivity contribution is -0.704. The van der Waals surface area contributed by atoms with Gasteiger partial charge in [-0.15, -0.1) is 11.3 Å². The van der Waals surface area contributed by atoms with Gasteiger partial charge >= 0.3 is 10.7 Å². The van der Waals surface area contributed by atoms with E-state index in [4.69, 9.17) is 4.52 Å². The summed E-state index contributed by atoms with van der Waals surface area (Å²) < 4.78 is 6.52. The van der Waals surface area contributed by atoms with Crippen LogP contribution in [-0.2, 0) is 17.6 Å². The van der Waals surface area contributed by atoms with Gasteiger partial charge in [-0.25, -0.2) is 4.79 Å². The van der Waals surface area contributed by atoms with E-state index in [0.717, 1.165) is 42.3 Å². The monoisotopic (exact) mass is 455 g/mol. The third-order valence-electron chi connectivity index (χ3n) is 5.40. The highest BCUT2D eigenvalue weighted by Gasteiger charge is 2.32. The van der Waals surface area contributed by atoms with Crippen molar-refractivity contribution < 1.29 is 14.0 Å². The maximum Gasteiger partial charge on any atom is 0.442 e. The molecule has 2 N–H and O–H groups in total. The van der Waals surface area contributed by atoms with Gasteiger partial charge in [0.25, 0.3) is 0 Å². The molecule has 1 aliphatic rings. The van der Waals surface area contributed by atoms with E-state index >= 15 is 0 Å². The van der Waals surface area contributed by atoms with E-state index in [-0.39, 0.29) is 5.91 Å². The summed E-state index contributed by atoms with van der Waals surface area (Å²) >= 11 is 2.66. The number of thiophene rings is 1. The molecule has 7 nitrogen and oxygen atoms in total. The number of hydrogen-bond acceptors (Lipinski definition) is 6. The van der Waals surface area contributed by atoms with Crippen molar-refractivity contribution in [3.8, 4) is 11.8 Å². The Morgan fingerprint density at radius 1 is 1.45 bits per heavy atom. The number of anilines is 1. The third kappa shape index (κ3) is 4.31. The third-order valence-corrected chi connectivity index (χ3v) is 7.97. The molecule has 9 heteroatoms. The molecule has 4 rings (SSSR count). The zero-order chi connectivity index (χ0) is 22.0. The predicted molar refractivity (Wildman–Crippen MR) is 120 cm³/mol. The summed E-state index contributed by atoms with van der Waals surface area (Å²) in [6.45, 7) is 4.10. The summed E-state index contributed by atoms with van der Waals surface area (Å²) in [4.78, 5) is 26.6. The number of benzene rings is 1. The Kier molecular flexibility index (Phi) is 6.30. The Morgan fingerprint density at radius 2 is 2.23 bits per heavy atom. The van der Waals surface area contributed by atoms with Crippen LogP contribution in [0.2, 0.25) is 0 Å². The number of para-hydroxylation sites is 1. The molecule has 0 saturated carbocycles.